The maximum atomic E-state index is 10.9. The van der Waals surface area contributed by atoms with Crippen LogP contribution in [-0.2, 0) is 4.84 Å². The van der Waals surface area contributed by atoms with E-state index in [1.165, 1.54) is 18.2 Å². The van der Waals surface area contributed by atoms with E-state index >= 15 is 0 Å². The number of carbonyl (C=O) groups is 1. The zero-order valence-electron chi connectivity index (χ0n) is 8.70. The van der Waals surface area contributed by atoms with E-state index in [1.54, 1.807) is 0 Å². The molecule has 1 N–H and O–H groups in total. The number of hydroxylamine groups is 1. The van der Waals surface area contributed by atoms with E-state index in [1.807, 2.05) is 6.92 Å². The summed E-state index contributed by atoms with van der Waals surface area (Å²) in [5.74, 6) is -1.24. The molecule has 1 heterocycles. The Morgan fingerprint density at radius 1 is 1.62 bits per heavy atom. The minimum absolute atomic E-state index is 0.000556. The lowest BCUT2D eigenvalue weighted by atomic mass is 10.3. The van der Waals surface area contributed by atoms with Gasteiger partial charge in [0.05, 0.1) is 17.8 Å². The van der Waals surface area contributed by atoms with Gasteiger partial charge in [-0.25, -0.2) is 9.78 Å². The summed E-state index contributed by atoms with van der Waals surface area (Å²) in [7, 11) is 1.45. The first-order valence-corrected chi connectivity index (χ1v) is 5.17. The Morgan fingerprint density at radius 3 is 2.69 bits per heavy atom. The Bertz CT molecular complexity index is 408. The molecule has 0 aliphatic heterocycles. The number of aromatic carboxylic acids is 1. The summed E-state index contributed by atoms with van der Waals surface area (Å²) in [6, 6.07) is 1.45. The second kappa shape index (κ2) is 5.34. The van der Waals surface area contributed by atoms with E-state index in [9.17, 15) is 4.79 Å². The van der Waals surface area contributed by atoms with Crippen LogP contribution >= 0.6 is 23.2 Å². The van der Waals surface area contributed by atoms with Crippen molar-refractivity contribution in [3.05, 3.63) is 21.9 Å². The smallest absolute Gasteiger partial charge is 0.356 e. The lowest BCUT2D eigenvalue weighted by molar-refractivity contribution is 0.0690. The van der Waals surface area contributed by atoms with Gasteiger partial charge in [0.25, 0.3) is 0 Å². The summed E-state index contributed by atoms with van der Waals surface area (Å²) >= 11 is 11.6. The maximum Gasteiger partial charge on any atom is 0.356 e. The van der Waals surface area contributed by atoms with E-state index in [2.05, 4.69) is 4.98 Å². The SMILES string of the molecule is CCN(OC)c1cc(Cl)nc(C(=O)O)c1Cl. The second-order valence-corrected chi connectivity index (χ2v) is 3.57. The van der Waals surface area contributed by atoms with Crippen molar-refractivity contribution < 1.29 is 14.7 Å². The standard InChI is InChI=1S/C9H10Cl2N2O3/c1-3-13(16-2)5-4-6(10)12-8(7(5)11)9(14)15/h4H,3H2,1-2H3,(H,14,15). The van der Waals surface area contributed by atoms with Gasteiger partial charge in [-0.2, -0.15) is 0 Å². The zero-order valence-corrected chi connectivity index (χ0v) is 10.2. The first kappa shape index (κ1) is 13.0. The highest BCUT2D eigenvalue weighted by Crippen LogP contribution is 2.30. The summed E-state index contributed by atoms with van der Waals surface area (Å²) in [4.78, 5) is 19.5. The molecule has 0 aromatic carbocycles. The molecule has 1 rings (SSSR count). The van der Waals surface area contributed by atoms with Gasteiger partial charge < -0.3 is 5.11 Å². The van der Waals surface area contributed by atoms with Crippen molar-refractivity contribution in [3.63, 3.8) is 0 Å². The average Bonchev–Trinajstić information content (AvgIpc) is 2.23. The fourth-order valence-corrected chi connectivity index (χ4v) is 1.67. The van der Waals surface area contributed by atoms with Gasteiger partial charge in [-0.1, -0.05) is 23.2 Å². The largest absolute Gasteiger partial charge is 0.476 e. The van der Waals surface area contributed by atoms with Crippen molar-refractivity contribution in [2.45, 2.75) is 6.92 Å². The Balaban J connectivity index is 3.33. The van der Waals surface area contributed by atoms with Gasteiger partial charge in [-0.3, -0.25) is 9.90 Å². The van der Waals surface area contributed by atoms with Crippen molar-refractivity contribution in [2.75, 3.05) is 18.7 Å². The fraction of sp³-hybridized carbons (Fsp3) is 0.333. The first-order chi connectivity index (χ1) is 7.51. The number of pyridine rings is 1. The van der Waals surface area contributed by atoms with Gasteiger partial charge in [0, 0.05) is 12.6 Å². The van der Waals surface area contributed by atoms with Crippen LogP contribution < -0.4 is 5.06 Å². The quantitative estimate of drug-likeness (QED) is 0.669. The molecule has 7 heteroatoms. The van der Waals surface area contributed by atoms with Crippen molar-refractivity contribution in [1.82, 2.24) is 4.98 Å². The zero-order chi connectivity index (χ0) is 12.3. The number of nitrogens with zero attached hydrogens (tertiary/aromatic N) is 2. The third-order valence-corrected chi connectivity index (χ3v) is 2.45. The number of carboxylic acid groups (broad SMARTS) is 1. The topological polar surface area (TPSA) is 62.7 Å². The van der Waals surface area contributed by atoms with Gasteiger partial charge in [0.1, 0.15) is 5.15 Å². The molecule has 5 nitrogen and oxygen atoms in total. The molecule has 1 aromatic rings. The van der Waals surface area contributed by atoms with Crippen LogP contribution in [-0.4, -0.2) is 29.7 Å². The number of anilines is 1. The molecule has 0 unspecified atom stereocenters. The fourth-order valence-electron chi connectivity index (χ4n) is 1.21. The van der Waals surface area contributed by atoms with Crippen molar-refractivity contribution in [1.29, 1.82) is 0 Å². The van der Waals surface area contributed by atoms with E-state index < -0.39 is 5.97 Å². The minimum atomic E-state index is -1.24. The minimum Gasteiger partial charge on any atom is -0.476 e. The van der Waals surface area contributed by atoms with E-state index in [0.717, 1.165) is 0 Å². The highest BCUT2D eigenvalue weighted by molar-refractivity contribution is 6.37. The van der Waals surface area contributed by atoms with Crippen LogP contribution in [0.15, 0.2) is 6.07 Å². The molecule has 0 spiro atoms. The van der Waals surface area contributed by atoms with Crippen LogP contribution in [0.4, 0.5) is 5.69 Å². The van der Waals surface area contributed by atoms with Gasteiger partial charge in [0.15, 0.2) is 5.69 Å². The molecular weight excluding hydrogens is 255 g/mol. The Morgan fingerprint density at radius 2 is 2.25 bits per heavy atom. The Kier molecular flexibility index (Phi) is 4.35. The monoisotopic (exact) mass is 264 g/mol. The maximum absolute atomic E-state index is 10.9. The molecule has 16 heavy (non-hydrogen) atoms. The molecular formula is C9H10Cl2N2O3. The molecule has 0 aliphatic rings. The number of halogens is 2. The van der Waals surface area contributed by atoms with Crippen LogP contribution in [0.1, 0.15) is 17.4 Å². The molecule has 0 saturated heterocycles. The molecule has 0 aliphatic carbocycles. The highest BCUT2D eigenvalue weighted by atomic mass is 35.5. The second-order valence-electron chi connectivity index (χ2n) is 2.81. The molecule has 0 atom stereocenters. The summed E-state index contributed by atoms with van der Waals surface area (Å²) in [5, 5.41) is 10.3. The Labute approximate surface area is 103 Å². The van der Waals surface area contributed by atoms with Gasteiger partial charge >= 0.3 is 5.97 Å². The molecule has 88 valence electrons. The molecule has 0 amide bonds. The Hall–Kier alpha value is -1.04. The van der Waals surface area contributed by atoms with Crippen molar-refractivity contribution in [2.24, 2.45) is 0 Å². The predicted octanol–water partition coefficient (Wildman–Crippen LogP) is 2.47. The first-order valence-electron chi connectivity index (χ1n) is 4.42. The van der Waals surface area contributed by atoms with Gasteiger partial charge in [-0.15, -0.1) is 0 Å². The van der Waals surface area contributed by atoms with Crippen LogP contribution in [0, 0.1) is 0 Å². The molecule has 0 bridgehead atoms. The number of rotatable bonds is 4. The average molecular weight is 265 g/mol. The van der Waals surface area contributed by atoms with Crippen molar-refractivity contribution >= 4 is 34.9 Å². The van der Waals surface area contributed by atoms with Crippen LogP contribution in [0.3, 0.4) is 0 Å². The summed E-state index contributed by atoms with van der Waals surface area (Å²) in [5.41, 5.74) is 0.0868. The lowest BCUT2D eigenvalue weighted by Crippen LogP contribution is -2.22. The summed E-state index contributed by atoms with van der Waals surface area (Å²) < 4.78 is 0. The number of hydrogen-bond acceptors (Lipinski definition) is 4. The van der Waals surface area contributed by atoms with Crippen molar-refractivity contribution in [3.8, 4) is 0 Å². The number of aromatic nitrogens is 1. The molecule has 0 saturated carbocycles. The third-order valence-electron chi connectivity index (χ3n) is 1.89. The normalized spacial score (nSPS) is 10.2. The number of hydrogen-bond donors (Lipinski definition) is 1. The van der Waals surface area contributed by atoms with Crippen LogP contribution in [0.5, 0.6) is 0 Å². The van der Waals surface area contributed by atoms with E-state index in [4.69, 9.17) is 33.1 Å². The van der Waals surface area contributed by atoms with Crippen LogP contribution in [0.2, 0.25) is 10.2 Å². The molecule has 0 radical (unpaired) electrons. The predicted molar refractivity (Wildman–Crippen MR) is 61.2 cm³/mol. The van der Waals surface area contributed by atoms with Crippen LogP contribution in [0.25, 0.3) is 0 Å². The molecule has 0 fully saturated rings. The lowest BCUT2D eigenvalue weighted by Gasteiger charge is -2.21. The summed E-state index contributed by atoms with van der Waals surface area (Å²) in [6.45, 7) is 2.32. The van der Waals surface area contributed by atoms with Gasteiger partial charge in [0.2, 0.25) is 0 Å². The highest BCUT2D eigenvalue weighted by Gasteiger charge is 2.19. The van der Waals surface area contributed by atoms with Gasteiger partial charge in [-0.05, 0) is 6.92 Å². The van der Waals surface area contributed by atoms with E-state index in [-0.39, 0.29) is 15.9 Å². The third kappa shape index (κ3) is 2.55. The van der Waals surface area contributed by atoms with E-state index in [0.29, 0.717) is 12.2 Å². The summed E-state index contributed by atoms with van der Waals surface area (Å²) in [6.07, 6.45) is 0. The number of carboxylic acids is 1. The molecule has 1 aromatic heterocycles.